The fourth-order valence-electron chi connectivity index (χ4n) is 1.76. The third kappa shape index (κ3) is 3.85. The quantitative estimate of drug-likeness (QED) is 0.417. The Morgan fingerprint density at radius 1 is 0.955 bits per heavy atom. The summed E-state index contributed by atoms with van der Waals surface area (Å²) in [5, 5.41) is -0.764. The van der Waals surface area contributed by atoms with Gasteiger partial charge in [0.05, 0.1) is 20.6 Å². The average Bonchev–Trinajstić information content (AvgIpc) is 2.89. The molecule has 0 radical (unpaired) electrons. The Bertz CT molecular complexity index is 584. The molecule has 0 N–H and O–H groups in total. The van der Waals surface area contributed by atoms with E-state index in [2.05, 4.69) is 9.68 Å². The maximum absolute atomic E-state index is 11.0. The topological polar surface area (TPSA) is 150 Å². The van der Waals surface area contributed by atoms with Crippen LogP contribution in [-0.2, 0) is 39.0 Å². The van der Waals surface area contributed by atoms with Gasteiger partial charge in [-0.25, -0.2) is 8.42 Å². The summed E-state index contributed by atoms with van der Waals surface area (Å²) in [6, 6.07) is 0. The molecule has 12 heteroatoms. The van der Waals surface area contributed by atoms with E-state index in [0.29, 0.717) is 0 Å². The molecule has 0 aromatic carbocycles. The number of carbonyl (C=O) groups is 4. The van der Waals surface area contributed by atoms with Gasteiger partial charge in [0, 0.05) is 12.8 Å². The fraction of sp³-hybridized carbons (Fsp3) is 0.600. The van der Waals surface area contributed by atoms with Gasteiger partial charge < -0.3 is 4.55 Å². The van der Waals surface area contributed by atoms with Crippen LogP contribution < -0.4 is 0 Å². The maximum Gasteiger partial charge on any atom is 0.271 e. The lowest BCUT2D eigenvalue weighted by atomic mass is 10.4. The van der Waals surface area contributed by atoms with Gasteiger partial charge in [0.1, 0.15) is 15.4 Å². The number of hydrogen-bond donors (Lipinski definition) is 0. The first-order chi connectivity index (χ1) is 10.1. The van der Waals surface area contributed by atoms with E-state index in [-0.39, 0.29) is 29.7 Å². The van der Waals surface area contributed by atoms with Crippen LogP contribution in [0.3, 0.4) is 0 Å². The fourth-order valence-corrected chi connectivity index (χ4v) is 2.45. The first-order valence-electron chi connectivity index (χ1n) is 5.89. The highest BCUT2D eigenvalue weighted by molar-refractivity contribution is 7.87. The van der Waals surface area contributed by atoms with E-state index >= 15 is 0 Å². The van der Waals surface area contributed by atoms with Crippen LogP contribution in [0.15, 0.2) is 0 Å². The average molecular weight is 337 g/mol. The van der Waals surface area contributed by atoms with E-state index in [4.69, 9.17) is 0 Å². The van der Waals surface area contributed by atoms with Gasteiger partial charge in [-0.1, -0.05) is 0 Å². The molecule has 0 bridgehead atoms. The summed E-state index contributed by atoms with van der Waals surface area (Å²) >= 11 is 0. The van der Waals surface area contributed by atoms with Gasteiger partial charge in [0.25, 0.3) is 23.6 Å². The van der Waals surface area contributed by atoms with Crippen LogP contribution in [0, 0.1) is 0 Å². The second-order valence-electron chi connectivity index (χ2n) is 4.16. The van der Waals surface area contributed by atoms with Crippen molar-refractivity contribution >= 4 is 33.7 Å². The molecule has 1 atom stereocenters. The van der Waals surface area contributed by atoms with Crippen LogP contribution in [-0.4, -0.2) is 66.2 Å². The highest BCUT2D eigenvalue weighted by atomic mass is 32.2. The summed E-state index contributed by atoms with van der Waals surface area (Å²) in [5.41, 5.74) is 0. The predicted molar refractivity (Wildman–Crippen MR) is 65.1 cm³/mol. The summed E-state index contributed by atoms with van der Waals surface area (Å²) < 4.78 is 31.3. The zero-order chi connectivity index (χ0) is 17.1. The van der Waals surface area contributed by atoms with Gasteiger partial charge in [-0.2, -0.15) is 10.1 Å². The Kier molecular flexibility index (Phi) is 5.71. The first-order valence-corrected chi connectivity index (χ1v) is 7.36. The zero-order valence-electron chi connectivity index (χ0n) is 11.7. The Hall–Kier alpha value is -1.89. The largest absolute Gasteiger partial charge is 0.747 e. The molecule has 11 nitrogen and oxygen atoms in total. The van der Waals surface area contributed by atoms with Gasteiger partial charge >= 0.3 is 0 Å². The van der Waals surface area contributed by atoms with Crippen LogP contribution in [0.5, 0.6) is 0 Å². The van der Waals surface area contributed by atoms with Gasteiger partial charge in [-0.15, -0.1) is 0 Å². The molecule has 22 heavy (non-hydrogen) atoms. The third-order valence-corrected chi connectivity index (χ3v) is 3.85. The molecule has 1 unspecified atom stereocenters. The van der Waals surface area contributed by atoms with Crippen molar-refractivity contribution in [3.05, 3.63) is 0 Å². The summed E-state index contributed by atoms with van der Waals surface area (Å²) in [5.74, 6) is -2.44. The highest BCUT2D eigenvalue weighted by Crippen LogP contribution is 2.18. The predicted octanol–water partition coefficient (Wildman–Crippen LogP) is -2.08. The molecular formula is C10H13N2O9S-. The lowest BCUT2D eigenvalue weighted by Gasteiger charge is -2.13. The van der Waals surface area contributed by atoms with E-state index in [1.54, 1.807) is 0 Å². The van der Waals surface area contributed by atoms with Gasteiger partial charge in [-0.3, -0.25) is 28.9 Å². The zero-order valence-corrected chi connectivity index (χ0v) is 12.5. The van der Waals surface area contributed by atoms with Gasteiger partial charge in [-0.05, 0) is 0 Å². The minimum atomic E-state index is -4.77. The first kappa shape index (κ1) is 18.2. The molecule has 0 aliphatic carbocycles. The minimum Gasteiger partial charge on any atom is -0.747 e. The molecule has 4 amide bonds. The van der Waals surface area contributed by atoms with Crippen LogP contribution in [0.4, 0.5) is 0 Å². The second-order valence-corrected chi connectivity index (χ2v) is 5.71. The Morgan fingerprint density at radius 3 is 1.64 bits per heavy atom. The van der Waals surface area contributed by atoms with Crippen molar-refractivity contribution in [2.75, 3.05) is 14.2 Å². The Labute approximate surface area is 125 Å². The highest BCUT2D eigenvalue weighted by Gasteiger charge is 2.43. The van der Waals surface area contributed by atoms with Crippen molar-refractivity contribution in [3.63, 3.8) is 0 Å². The molecule has 0 spiro atoms. The SMILES string of the molecule is CON1C(=O)CC(S(=O)(=O)[O-])C1=O.CON1C(=O)CCC1=O. The lowest BCUT2D eigenvalue weighted by molar-refractivity contribution is -0.180. The lowest BCUT2D eigenvalue weighted by Crippen LogP contribution is -2.34. The molecule has 2 aliphatic rings. The summed E-state index contributed by atoms with van der Waals surface area (Å²) in [6.45, 7) is 0. The van der Waals surface area contributed by atoms with Crippen molar-refractivity contribution < 1.29 is 41.8 Å². The van der Waals surface area contributed by atoms with E-state index < -0.39 is 33.6 Å². The van der Waals surface area contributed by atoms with Crippen LogP contribution in [0.25, 0.3) is 0 Å². The summed E-state index contributed by atoms with van der Waals surface area (Å²) in [4.78, 5) is 51.8. The molecule has 2 rings (SSSR count). The maximum atomic E-state index is 11.0. The van der Waals surface area contributed by atoms with E-state index in [1.165, 1.54) is 7.11 Å². The molecule has 2 aliphatic heterocycles. The molecule has 124 valence electrons. The van der Waals surface area contributed by atoms with Crippen molar-refractivity contribution in [1.29, 1.82) is 0 Å². The van der Waals surface area contributed by atoms with Crippen LogP contribution >= 0.6 is 0 Å². The number of carbonyl (C=O) groups excluding carboxylic acids is 4. The number of amides is 4. The molecule has 2 saturated heterocycles. The number of nitrogens with zero attached hydrogens (tertiary/aromatic N) is 2. The van der Waals surface area contributed by atoms with Gasteiger partial charge in [0.2, 0.25) is 0 Å². The molecule has 0 aromatic rings. The van der Waals surface area contributed by atoms with Crippen molar-refractivity contribution in [3.8, 4) is 0 Å². The molecule has 2 heterocycles. The molecule has 0 aromatic heterocycles. The van der Waals surface area contributed by atoms with Crippen molar-refractivity contribution in [2.45, 2.75) is 24.5 Å². The molecule has 0 saturated carbocycles. The standard InChI is InChI=1S/C5H7NO6S.C5H7NO3/c1-12-6-4(7)2-3(5(6)8)13(9,10)11;1-9-6-4(7)2-3-5(6)8/h3H,2H2,1H3,(H,9,10,11);2-3H2,1H3/p-1. The number of rotatable bonds is 3. The third-order valence-electron chi connectivity index (χ3n) is 2.78. The summed E-state index contributed by atoms with van der Waals surface area (Å²) in [6.07, 6.45) is -0.0716. The van der Waals surface area contributed by atoms with Gasteiger partial charge in [0.15, 0.2) is 0 Å². The van der Waals surface area contributed by atoms with E-state index in [9.17, 15) is 32.1 Å². The normalized spacial score (nSPS) is 22.2. The van der Waals surface area contributed by atoms with Crippen LogP contribution in [0.1, 0.15) is 19.3 Å². The summed E-state index contributed by atoms with van der Waals surface area (Å²) in [7, 11) is -2.43. The van der Waals surface area contributed by atoms with E-state index in [0.717, 1.165) is 12.2 Å². The Balaban J connectivity index is 0.000000235. The van der Waals surface area contributed by atoms with Crippen molar-refractivity contribution in [1.82, 2.24) is 10.1 Å². The van der Waals surface area contributed by atoms with E-state index in [1.807, 2.05) is 0 Å². The second kappa shape index (κ2) is 6.91. The number of imide groups is 2. The molecular weight excluding hydrogens is 324 g/mol. The Morgan fingerprint density at radius 2 is 1.41 bits per heavy atom. The monoisotopic (exact) mass is 337 g/mol. The van der Waals surface area contributed by atoms with Crippen LogP contribution in [0.2, 0.25) is 0 Å². The molecule has 2 fully saturated rings. The minimum absolute atomic E-state index is 0.248. The number of hydrogen-bond acceptors (Lipinski definition) is 9. The number of hydroxylamine groups is 4. The van der Waals surface area contributed by atoms with Crippen molar-refractivity contribution in [2.24, 2.45) is 0 Å². The smallest absolute Gasteiger partial charge is 0.271 e.